The van der Waals surface area contributed by atoms with E-state index in [0.717, 1.165) is 37.4 Å². The van der Waals surface area contributed by atoms with Crippen LogP contribution in [0.2, 0.25) is 0 Å². The summed E-state index contributed by atoms with van der Waals surface area (Å²) >= 11 is 0. The predicted molar refractivity (Wildman–Crippen MR) is 85.2 cm³/mol. The first-order valence-electron chi connectivity index (χ1n) is 7.76. The Hall–Kier alpha value is -1.13. The number of para-hydroxylation sites is 1. The predicted octanol–water partition coefficient (Wildman–Crippen LogP) is 3.33. The van der Waals surface area contributed by atoms with Crippen molar-refractivity contribution in [1.29, 1.82) is 0 Å². The van der Waals surface area contributed by atoms with Gasteiger partial charge in [0.2, 0.25) is 0 Å². The highest BCUT2D eigenvalue weighted by Crippen LogP contribution is 2.27. The summed E-state index contributed by atoms with van der Waals surface area (Å²) < 4.78 is 20.1. The second-order valence-corrected chi connectivity index (χ2v) is 6.83. The molecule has 1 unspecified atom stereocenters. The van der Waals surface area contributed by atoms with Crippen molar-refractivity contribution in [3.63, 3.8) is 0 Å². The molecule has 1 aromatic carbocycles. The molecule has 118 valence electrons. The van der Waals surface area contributed by atoms with Crippen LogP contribution in [0.4, 0.5) is 10.1 Å². The van der Waals surface area contributed by atoms with E-state index >= 15 is 0 Å². The summed E-state index contributed by atoms with van der Waals surface area (Å²) in [6.45, 7) is 11.4. The number of nitrogens with zero attached hydrogens (tertiary/aromatic N) is 1. The van der Waals surface area contributed by atoms with E-state index in [1.54, 1.807) is 12.1 Å². The lowest BCUT2D eigenvalue weighted by molar-refractivity contribution is 0.0820. The molecule has 1 N–H and O–H groups in total. The molecule has 0 aliphatic carbocycles. The first kappa shape index (κ1) is 16.2. The Bertz CT molecular complexity index is 470. The molecule has 0 bridgehead atoms. The summed E-state index contributed by atoms with van der Waals surface area (Å²) in [5, 5.41) is 3.45. The van der Waals surface area contributed by atoms with Crippen molar-refractivity contribution >= 4 is 5.69 Å². The van der Waals surface area contributed by atoms with Gasteiger partial charge in [-0.3, -0.25) is 0 Å². The number of anilines is 1. The maximum absolute atomic E-state index is 14.4. The van der Waals surface area contributed by atoms with E-state index in [9.17, 15) is 4.39 Å². The van der Waals surface area contributed by atoms with E-state index < -0.39 is 0 Å². The standard InChI is InChI=1S/C17H27FN2O/c1-13-12-20(9-6-10-21-13)16-14(7-5-8-15(16)18)11-19-17(2,3)4/h5,7-8,13,19H,6,9-12H2,1-4H3. The minimum absolute atomic E-state index is 0.0127. The van der Waals surface area contributed by atoms with Crippen molar-refractivity contribution in [2.45, 2.75) is 52.3 Å². The summed E-state index contributed by atoms with van der Waals surface area (Å²) in [7, 11) is 0. The van der Waals surface area contributed by atoms with Gasteiger partial charge >= 0.3 is 0 Å². The lowest BCUT2D eigenvalue weighted by Crippen LogP contribution is -2.36. The zero-order valence-corrected chi connectivity index (χ0v) is 13.6. The quantitative estimate of drug-likeness (QED) is 0.925. The maximum atomic E-state index is 14.4. The van der Waals surface area contributed by atoms with Crippen LogP contribution >= 0.6 is 0 Å². The number of hydrogen-bond acceptors (Lipinski definition) is 3. The van der Waals surface area contributed by atoms with Gasteiger partial charge in [-0.15, -0.1) is 0 Å². The fourth-order valence-corrected chi connectivity index (χ4v) is 2.61. The largest absolute Gasteiger partial charge is 0.377 e. The van der Waals surface area contributed by atoms with Crippen LogP contribution in [-0.2, 0) is 11.3 Å². The number of ether oxygens (including phenoxy) is 1. The average Bonchev–Trinajstić information content (AvgIpc) is 2.60. The Balaban J connectivity index is 2.24. The third kappa shape index (κ3) is 4.68. The molecular formula is C17H27FN2O. The molecule has 4 heteroatoms. The third-order valence-electron chi connectivity index (χ3n) is 3.65. The number of hydrogen-bond donors (Lipinski definition) is 1. The molecule has 0 radical (unpaired) electrons. The smallest absolute Gasteiger partial charge is 0.146 e. The molecule has 0 spiro atoms. The molecule has 1 saturated heterocycles. The molecule has 1 fully saturated rings. The zero-order valence-electron chi connectivity index (χ0n) is 13.6. The molecule has 3 nitrogen and oxygen atoms in total. The first-order chi connectivity index (χ1) is 9.87. The van der Waals surface area contributed by atoms with Crippen LogP contribution in [0.5, 0.6) is 0 Å². The Morgan fingerprint density at radius 1 is 1.38 bits per heavy atom. The molecule has 0 amide bonds. The topological polar surface area (TPSA) is 24.5 Å². The van der Waals surface area contributed by atoms with Crippen molar-refractivity contribution in [2.24, 2.45) is 0 Å². The van der Waals surface area contributed by atoms with Gasteiger partial charge in [0.15, 0.2) is 0 Å². The lowest BCUT2D eigenvalue weighted by atomic mass is 10.1. The summed E-state index contributed by atoms with van der Waals surface area (Å²) in [6.07, 6.45) is 1.07. The maximum Gasteiger partial charge on any atom is 0.146 e. The van der Waals surface area contributed by atoms with E-state index in [0.29, 0.717) is 6.54 Å². The second-order valence-electron chi connectivity index (χ2n) is 6.83. The van der Waals surface area contributed by atoms with Crippen LogP contribution in [0, 0.1) is 5.82 Å². The summed E-state index contributed by atoms with van der Waals surface area (Å²) in [5.74, 6) is -0.141. The zero-order chi connectivity index (χ0) is 15.5. The Kier molecular flexibility index (Phi) is 5.22. The van der Waals surface area contributed by atoms with Crippen LogP contribution in [0.15, 0.2) is 18.2 Å². The van der Waals surface area contributed by atoms with Gasteiger partial charge in [-0.1, -0.05) is 12.1 Å². The molecule has 1 aliphatic rings. The van der Waals surface area contributed by atoms with Crippen molar-refractivity contribution in [2.75, 3.05) is 24.6 Å². The Morgan fingerprint density at radius 2 is 2.14 bits per heavy atom. The molecule has 1 aliphatic heterocycles. The number of benzene rings is 1. The molecule has 1 aromatic rings. The van der Waals surface area contributed by atoms with E-state index in [-0.39, 0.29) is 17.5 Å². The highest BCUT2D eigenvalue weighted by Gasteiger charge is 2.21. The van der Waals surface area contributed by atoms with Gasteiger partial charge in [-0.05, 0) is 45.7 Å². The molecular weight excluding hydrogens is 267 g/mol. The monoisotopic (exact) mass is 294 g/mol. The number of halogens is 1. The fraction of sp³-hybridized carbons (Fsp3) is 0.647. The molecule has 21 heavy (non-hydrogen) atoms. The van der Waals surface area contributed by atoms with E-state index in [1.807, 2.05) is 13.0 Å². The molecule has 1 heterocycles. The van der Waals surface area contributed by atoms with Gasteiger partial charge in [-0.2, -0.15) is 0 Å². The minimum Gasteiger partial charge on any atom is -0.377 e. The van der Waals surface area contributed by atoms with Gasteiger partial charge in [0.25, 0.3) is 0 Å². The second kappa shape index (κ2) is 6.75. The fourth-order valence-electron chi connectivity index (χ4n) is 2.61. The Morgan fingerprint density at radius 3 is 2.86 bits per heavy atom. The highest BCUT2D eigenvalue weighted by atomic mass is 19.1. The molecule has 1 atom stereocenters. The molecule has 0 saturated carbocycles. The van der Waals surface area contributed by atoms with Gasteiger partial charge in [-0.25, -0.2) is 4.39 Å². The van der Waals surface area contributed by atoms with Crippen LogP contribution in [0.25, 0.3) is 0 Å². The SMILES string of the molecule is CC1CN(c2c(F)cccc2CNC(C)(C)C)CCCO1. The summed E-state index contributed by atoms with van der Waals surface area (Å²) in [4.78, 5) is 2.13. The minimum atomic E-state index is -0.141. The highest BCUT2D eigenvalue weighted by molar-refractivity contribution is 5.55. The van der Waals surface area contributed by atoms with Crippen molar-refractivity contribution in [1.82, 2.24) is 5.32 Å². The first-order valence-corrected chi connectivity index (χ1v) is 7.76. The Labute approximate surface area is 127 Å². The lowest BCUT2D eigenvalue weighted by Gasteiger charge is -2.28. The van der Waals surface area contributed by atoms with E-state index in [4.69, 9.17) is 4.74 Å². The van der Waals surface area contributed by atoms with Crippen LogP contribution in [0.1, 0.15) is 39.7 Å². The van der Waals surface area contributed by atoms with E-state index in [2.05, 4.69) is 31.0 Å². The number of rotatable bonds is 3. The normalized spacial score (nSPS) is 20.4. The van der Waals surface area contributed by atoms with Gasteiger partial charge in [0, 0.05) is 31.8 Å². The van der Waals surface area contributed by atoms with Crippen molar-refractivity contribution in [3.8, 4) is 0 Å². The summed E-state index contributed by atoms with van der Waals surface area (Å²) in [6, 6.07) is 5.34. The van der Waals surface area contributed by atoms with E-state index in [1.165, 1.54) is 0 Å². The summed E-state index contributed by atoms with van der Waals surface area (Å²) in [5.41, 5.74) is 1.75. The number of nitrogens with one attached hydrogen (secondary N) is 1. The molecule has 2 rings (SSSR count). The van der Waals surface area contributed by atoms with Crippen molar-refractivity contribution in [3.05, 3.63) is 29.6 Å². The van der Waals surface area contributed by atoms with Gasteiger partial charge in [0.1, 0.15) is 5.82 Å². The van der Waals surface area contributed by atoms with Crippen LogP contribution < -0.4 is 10.2 Å². The van der Waals surface area contributed by atoms with Gasteiger partial charge in [0.05, 0.1) is 11.8 Å². The molecule has 0 aromatic heterocycles. The third-order valence-corrected chi connectivity index (χ3v) is 3.65. The van der Waals surface area contributed by atoms with Crippen LogP contribution in [-0.4, -0.2) is 31.3 Å². The van der Waals surface area contributed by atoms with Gasteiger partial charge < -0.3 is 15.0 Å². The average molecular weight is 294 g/mol. The van der Waals surface area contributed by atoms with Crippen molar-refractivity contribution < 1.29 is 9.13 Å². The van der Waals surface area contributed by atoms with Crippen LogP contribution in [0.3, 0.4) is 0 Å².